The summed E-state index contributed by atoms with van der Waals surface area (Å²) in [5, 5.41) is 3.42. The van der Waals surface area contributed by atoms with Crippen LogP contribution < -0.4 is 10.1 Å². The van der Waals surface area contributed by atoms with E-state index in [-0.39, 0.29) is 11.9 Å². The van der Waals surface area contributed by atoms with E-state index in [1.807, 2.05) is 24.3 Å². The van der Waals surface area contributed by atoms with Crippen molar-refractivity contribution in [2.75, 3.05) is 7.11 Å². The lowest BCUT2D eigenvalue weighted by Crippen LogP contribution is -2.18. The van der Waals surface area contributed by atoms with Crippen molar-refractivity contribution < 1.29 is 9.13 Å². The molecular formula is C16H17BrFNO. The van der Waals surface area contributed by atoms with Crippen molar-refractivity contribution >= 4 is 15.9 Å². The molecule has 106 valence electrons. The van der Waals surface area contributed by atoms with Gasteiger partial charge in [-0.3, -0.25) is 0 Å². The molecule has 0 amide bonds. The van der Waals surface area contributed by atoms with E-state index >= 15 is 0 Å². The number of nitrogens with one attached hydrogen (secondary N) is 1. The maximum absolute atomic E-state index is 13.0. The molecule has 0 fully saturated rings. The normalized spacial score (nSPS) is 12.2. The highest BCUT2D eigenvalue weighted by atomic mass is 79.9. The predicted octanol–water partition coefficient (Wildman–Crippen LogP) is 4.45. The second kappa shape index (κ2) is 6.86. The molecule has 20 heavy (non-hydrogen) atoms. The third-order valence-electron chi connectivity index (χ3n) is 3.23. The average Bonchev–Trinajstić information content (AvgIpc) is 2.46. The Morgan fingerprint density at radius 2 is 1.90 bits per heavy atom. The van der Waals surface area contributed by atoms with Gasteiger partial charge in [0, 0.05) is 17.1 Å². The Morgan fingerprint density at radius 3 is 2.50 bits per heavy atom. The first-order valence-corrected chi connectivity index (χ1v) is 7.20. The van der Waals surface area contributed by atoms with Gasteiger partial charge in [-0.1, -0.05) is 34.1 Å². The molecule has 0 bridgehead atoms. The van der Waals surface area contributed by atoms with E-state index in [0.29, 0.717) is 6.54 Å². The summed E-state index contributed by atoms with van der Waals surface area (Å²) in [6.45, 7) is 2.77. The molecule has 0 unspecified atom stereocenters. The minimum absolute atomic E-state index is 0.206. The molecule has 0 radical (unpaired) electrons. The molecule has 0 heterocycles. The van der Waals surface area contributed by atoms with Crippen molar-refractivity contribution in [2.24, 2.45) is 0 Å². The van der Waals surface area contributed by atoms with Crippen LogP contribution in [-0.2, 0) is 6.54 Å². The van der Waals surface area contributed by atoms with Gasteiger partial charge in [-0.05, 0) is 42.3 Å². The summed E-state index contributed by atoms with van der Waals surface area (Å²) >= 11 is 3.38. The SMILES string of the molecule is COc1ccc([C@@H](C)NCc2ccc(F)cc2Br)cc1. The Hall–Kier alpha value is -1.39. The van der Waals surface area contributed by atoms with Gasteiger partial charge >= 0.3 is 0 Å². The minimum atomic E-state index is -0.233. The zero-order valence-corrected chi connectivity index (χ0v) is 13.1. The van der Waals surface area contributed by atoms with Gasteiger partial charge in [-0.15, -0.1) is 0 Å². The summed E-state index contributed by atoms with van der Waals surface area (Å²) < 4.78 is 18.9. The Morgan fingerprint density at radius 1 is 1.20 bits per heavy atom. The van der Waals surface area contributed by atoms with Crippen LogP contribution in [0.4, 0.5) is 4.39 Å². The van der Waals surface area contributed by atoms with Crippen molar-refractivity contribution in [3.8, 4) is 5.75 Å². The molecule has 0 aliphatic rings. The van der Waals surface area contributed by atoms with Crippen LogP contribution in [-0.4, -0.2) is 7.11 Å². The quantitative estimate of drug-likeness (QED) is 0.870. The van der Waals surface area contributed by atoms with Gasteiger partial charge in [0.25, 0.3) is 0 Å². The van der Waals surface area contributed by atoms with E-state index in [0.717, 1.165) is 15.8 Å². The highest BCUT2D eigenvalue weighted by Gasteiger charge is 2.07. The topological polar surface area (TPSA) is 21.3 Å². The predicted molar refractivity (Wildman–Crippen MR) is 82.3 cm³/mol. The zero-order chi connectivity index (χ0) is 14.5. The van der Waals surface area contributed by atoms with Crippen LogP contribution >= 0.6 is 15.9 Å². The van der Waals surface area contributed by atoms with Gasteiger partial charge in [0.05, 0.1) is 7.11 Å². The number of methoxy groups -OCH3 is 1. The molecule has 2 aromatic carbocycles. The van der Waals surface area contributed by atoms with E-state index in [9.17, 15) is 4.39 Å². The first kappa shape index (κ1) is 15.0. The maximum atomic E-state index is 13.0. The molecule has 1 N–H and O–H groups in total. The van der Waals surface area contributed by atoms with Gasteiger partial charge < -0.3 is 10.1 Å². The average molecular weight is 338 g/mol. The summed E-state index contributed by atoms with van der Waals surface area (Å²) in [6.07, 6.45) is 0. The molecule has 0 spiro atoms. The maximum Gasteiger partial charge on any atom is 0.124 e. The summed E-state index contributed by atoms with van der Waals surface area (Å²) in [5.74, 6) is 0.617. The summed E-state index contributed by atoms with van der Waals surface area (Å²) in [7, 11) is 1.66. The van der Waals surface area contributed by atoms with Gasteiger partial charge in [0.2, 0.25) is 0 Å². The number of benzene rings is 2. The van der Waals surface area contributed by atoms with Gasteiger partial charge in [0.15, 0.2) is 0 Å². The van der Waals surface area contributed by atoms with E-state index in [2.05, 4.69) is 28.2 Å². The van der Waals surface area contributed by atoms with Crippen LogP contribution in [0, 0.1) is 5.82 Å². The molecule has 4 heteroatoms. The Kier molecular flexibility index (Phi) is 5.15. The third kappa shape index (κ3) is 3.81. The fourth-order valence-corrected chi connectivity index (χ4v) is 2.43. The van der Waals surface area contributed by atoms with Crippen molar-refractivity contribution in [1.82, 2.24) is 5.32 Å². The van der Waals surface area contributed by atoms with Crippen LogP contribution in [0.15, 0.2) is 46.9 Å². The molecule has 0 aromatic heterocycles. The van der Waals surface area contributed by atoms with E-state index in [4.69, 9.17) is 4.74 Å². The number of hydrogen-bond acceptors (Lipinski definition) is 2. The zero-order valence-electron chi connectivity index (χ0n) is 11.5. The fraction of sp³-hybridized carbons (Fsp3) is 0.250. The molecular weight excluding hydrogens is 321 g/mol. The van der Waals surface area contributed by atoms with Crippen molar-refractivity contribution in [1.29, 1.82) is 0 Å². The van der Waals surface area contributed by atoms with Crippen LogP contribution in [0.5, 0.6) is 5.75 Å². The van der Waals surface area contributed by atoms with E-state index < -0.39 is 0 Å². The van der Waals surface area contributed by atoms with Crippen LogP contribution in [0.1, 0.15) is 24.1 Å². The number of hydrogen-bond donors (Lipinski definition) is 1. The summed E-state index contributed by atoms with van der Waals surface area (Å²) in [5.41, 5.74) is 2.22. The lowest BCUT2D eigenvalue weighted by molar-refractivity contribution is 0.414. The number of rotatable bonds is 5. The lowest BCUT2D eigenvalue weighted by Gasteiger charge is -2.15. The van der Waals surface area contributed by atoms with Crippen LogP contribution in [0.3, 0.4) is 0 Å². The second-order valence-corrected chi connectivity index (χ2v) is 5.47. The second-order valence-electron chi connectivity index (χ2n) is 4.61. The van der Waals surface area contributed by atoms with Gasteiger partial charge in [0.1, 0.15) is 11.6 Å². The number of halogens is 2. The lowest BCUT2D eigenvalue weighted by atomic mass is 10.1. The first-order chi connectivity index (χ1) is 9.60. The Labute approximate surface area is 127 Å². The highest BCUT2D eigenvalue weighted by molar-refractivity contribution is 9.10. The highest BCUT2D eigenvalue weighted by Crippen LogP contribution is 2.21. The number of ether oxygens (including phenoxy) is 1. The van der Waals surface area contributed by atoms with Crippen molar-refractivity contribution in [2.45, 2.75) is 19.5 Å². The molecule has 1 atom stereocenters. The largest absolute Gasteiger partial charge is 0.497 e. The van der Waals surface area contributed by atoms with Crippen LogP contribution in [0.2, 0.25) is 0 Å². The summed E-state index contributed by atoms with van der Waals surface area (Å²) in [6, 6.07) is 12.9. The molecule has 2 aromatic rings. The smallest absolute Gasteiger partial charge is 0.124 e. The molecule has 2 rings (SSSR count). The Bertz CT molecular complexity index is 571. The monoisotopic (exact) mass is 337 g/mol. The molecule has 0 aliphatic carbocycles. The minimum Gasteiger partial charge on any atom is -0.497 e. The van der Waals surface area contributed by atoms with Crippen molar-refractivity contribution in [3.05, 3.63) is 63.9 Å². The van der Waals surface area contributed by atoms with Gasteiger partial charge in [-0.2, -0.15) is 0 Å². The first-order valence-electron chi connectivity index (χ1n) is 6.41. The van der Waals surface area contributed by atoms with Crippen molar-refractivity contribution in [3.63, 3.8) is 0 Å². The van der Waals surface area contributed by atoms with Gasteiger partial charge in [-0.25, -0.2) is 4.39 Å². The molecule has 0 saturated heterocycles. The third-order valence-corrected chi connectivity index (χ3v) is 3.97. The van der Waals surface area contributed by atoms with Crippen LogP contribution in [0.25, 0.3) is 0 Å². The Balaban J connectivity index is 1.98. The molecule has 2 nitrogen and oxygen atoms in total. The molecule has 0 aliphatic heterocycles. The fourth-order valence-electron chi connectivity index (χ4n) is 1.94. The standard InChI is InChI=1S/C16H17BrFNO/c1-11(12-4-7-15(20-2)8-5-12)19-10-13-3-6-14(18)9-16(13)17/h3-9,11,19H,10H2,1-2H3/t11-/m1/s1. The van der Waals surface area contributed by atoms with E-state index in [1.165, 1.54) is 17.7 Å². The van der Waals surface area contributed by atoms with E-state index in [1.54, 1.807) is 13.2 Å². The molecule has 0 saturated carbocycles. The summed E-state index contributed by atoms with van der Waals surface area (Å²) in [4.78, 5) is 0.